The molecule has 2 aliphatic rings. The summed E-state index contributed by atoms with van der Waals surface area (Å²) in [7, 11) is -3.16. The highest BCUT2D eigenvalue weighted by molar-refractivity contribution is 7.89. The van der Waals surface area contributed by atoms with E-state index >= 15 is 0 Å². The number of rotatable bonds is 0. The fourth-order valence-electron chi connectivity index (χ4n) is 2.56. The first kappa shape index (κ1) is 14.0. The Morgan fingerprint density at radius 2 is 1.52 bits per heavy atom. The Morgan fingerprint density at radius 1 is 0.857 bits per heavy atom. The van der Waals surface area contributed by atoms with Crippen molar-refractivity contribution in [1.29, 1.82) is 0 Å². The second-order valence-electron chi connectivity index (χ2n) is 5.01. The van der Waals surface area contributed by atoms with E-state index in [-0.39, 0.29) is 0 Å². The van der Waals surface area contributed by atoms with Crippen molar-refractivity contribution in [2.45, 2.75) is 24.3 Å². The highest BCUT2D eigenvalue weighted by atomic mass is 32.2. The molecule has 0 atom stereocenters. The van der Waals surface area contributed by atoms with E-state index < -0.39 is 10.0 Å². The van der Waals surface area contributed by atoms with E-state index in [1.807, 2.05) is 36.4 Å². The average Bonchev–Trinajstić information content (AvgIpc) is 3.02. The predicted octanol–water partition coefficient (Wildman–Crippen LogP) is 2.29. The minimum Gasteiger partial charge on any atom is -0.294 e. The van der Waals surface area contributed by atoms with Crippen molar-refractivity contribution in [2.75, 3.05) is 0 Å². The van der Waals surface area contributed by atoms with E-state index in [2.05, 4.69) is 4.72 Å². The minimum absolute atomic E-state index is 0.301. The van der Waals surface area contributed by atoms with Crippen molar-refractivity contribution in [2.24, 2.45) is 0 Å². The highest BCUT2D eigenvalue weighted by Gasteiger charge is 2.23. The van der Waals surface area contributed by atoms with E-state index in [1.54, 1.807) is 12.1 Å². The third-order valence-electron chi connectivity index (χ3n) is 3.65. The summed E-state index contributed by atoms with van der Waals surface area (Å²) in [6.07, 6.45) is 1.65. The molecule has 108 valence electrons. The van der Waals surface area contributed by atoms with Gasteiger partial charge in [0.25, 0.3) is 0 Å². The van der Waals surface area contributed by atoms with E-state index in [0.717, 1.165) is 17.5 Å². The van der Waals surface area contributed by atoms with Crippen LogP contribution in [0.2, 0.25) is 0 Å². The zero-order valence-electron chi connectivity index (χ0n) is 11.4. The molecule has 0 bridgehead atoms. The number of carbonyl (C=O) groups excluding carboxylic acids is 1. The Bertz CT molecular complexity index is 797. The number of aryl methyl sites for hydroxylation is 1. The number of hydrogen-bond donors (Lipinski definition) is 1. The van der Waals surface area contributed by atoms with Crippen LogP contribution in [-0.2, 0) is 23.0 Å². The van der Waals surface area contributed by atoms with Gasteiger partial charge in [0.2, 0.25) is 10.0 Å². The maximum Gasteiger partial charge on any atom is 0.241 e. The molecule has 0 saturated carbocycles. The zero-order valence-corrected chi connectivity index (χ0v) is 12.2. The lowest BCUT2D eigenvalue weighted by Gasteiger charge is -1.92. The van der Waals surface area contributed by atoms with Gasteiger partial charge in [-0.1, -0.05) is 42.5 Å². The molecule has 21 heavy (non-hydrogen) atoms. The van der Waals surface area contributed by atoms with Crippen LogP contribution in [0.5, 0.6) is 0 Å². The molecule has 0 saturated heterocycles. The molecular formula is C16H15NO3S. The van der Waals surface area contributed by atoms with Gasteiger partial charge in [-0.3, -0.25) is 4.79 Å². The third-order valence-corrected chi connectivity index (χ3v) is 5.16. The van der Waals surface area contributed by atoms with Gasteiger partial charge in [0, 0.05) is 18.5 Å². The molecule has 1 aliphatic carbocycles. The van der Waals surface area contributed by atoms with Gasteiger partial charge in [0.15, 0.2) is 5.78 Å². The van der Waals surface area contributed by atoms with Gasteiger partial charge in [-0.15, -0.1) is 0 Å². The molecule has 2 aromatic carbocycles. The zero-order chi connectivity index (χ0) is 14.9. The Kier molecular flexibility index (Phi) is 3.61. The SMILES string of the molecule is O=C1CCc2ccccc21.O=S1(=O)NCc2ccccc21. The first-order chi connectivity index (χ1) is 10.1. The van der Waals surface area contributed by atoms with Gasteiger partial charge >= 0.3 is 0 Å². The monoisotopic (exact) mass is 301 g/mol. The van der Waals surface area contributed by atoms with Gasteiger partial charge < -0.3 is 0 Å². The smallest absolute Gasteiger partial charge is 0.241 e. The quantitative estimate of drug-likeness (QED) is 0.812. The van der Waals surface area contributed by atoms with Crippen LogP contribution in [0.15, 0.2) is 53.4 Å². The normalized spacial score (nSPS) is 17.6. The summed E-state index contributed by atoms with van der Waals surface area (Å²) in [4.78, 5) is 11.5. The summed E-state index contributed by atoms with van der Waals surface area (Å²) >= 11 is 0. The summed E-state index contributed by atoms with van der Waals surface area (Å²) < 4.78 is 24.7. The topological polar surface area (TPSA) is 63.2 Å². The van der Waals surface area contributed by atoms with Crippen LogP contribution in [0.4, 0.5) is 0 Å². The average molecular weight is 301 g/mol. The van der Waals surface area contributed by atoms with Gasteiger partial charge in [-0.2, -0.15) is 0 Å². The molecule has 0 radical (unpaired) electrons. The molecule has 0 spiro atoms. The Labute approximate surface area is 123 Å². The third kappa shape index (κ3) is 2.75. The van der Waals surface area contributed by atoms with E-state index in [4.69, 9.17) is 0 Å². The molecule has 1 aliphatic heterocycles. The first-order valence-electron chi connectivity index (χ1n) is 6.76. The number of sulfonamides is 1. The van der Waals surface area contributed by atoms with Crippen LogP contribution < -0.4 is 4.72 Å². The van der Waals surface area contributed by atoms with Crippen molar-refractivity contribution in [3.63, 3.8) is 0 Å². The Hall–Kier alpha value is -1.98. The van der Waals surface area contributed by atoms with Crippen molar-refractivity contribution in [3.05, 3.63) is 65.2 Å². The van der Waals surface area contributed by atoms with Crippen molar-refractivity contribution < 1.29 is 13.2 Å². The Morgan fingerprint density at radius 3 is 2.24 bits per heavy atom. The van der Waals surface area contributed by atoms with E-state index in [9.17, 15) is 13.2 Å². The lowest BCUT2D eigenvalue weighted by atomic mass is 10.1. The molecule has 0 amide bonds. The van der Waals surface area contributed by atoms with Crippen molar-refractivity contribution in [3.8, 4) is 0 Å². The van der Waals surface area contributed by atoms with Gasteiger partial charge in [0.1, 0.15) is 0 Å². The summed E-state index contributed by atoms with van der Waals surface area (Å²) in [5.74, 6) is 0.301. The van der Waals surface area contributed by atoms with Crippen LogP contribution in [0.25, 0.3) is 0 Å². The molecule has 0 fully saturated rings. The van der Waals surface area contributed by atoms with Crippen LogP contribution in [0, 0.1) is 0 Å². The summed E-state index contributed by atoms with van der Waals surface area (Å²) in [5, 5.41) is 0. The second kappa shape index (κ2) is 5.42. The fraction of sp³-hybridized carbons (Fsp3) is 0.188. The number of Topliss-reactive ketones (excluding diaryl/α,β-unsaturated/α-hetero) is 1. The molecule has 1 heterocycles. The fourth-order valence-corrected chi connectivity index (χ4v) is 3.80. The minimum atomic E-state index is -3.16. The maximum atomic E-state index is 11.1. The number of ketones is 1. The number of benzene rings is 2. The number of hydrogen-bond acceptors (Lipinski definition) is 3. The van der Waals surface area contributed by atoms with Gasteiger partial charge in [0.05, 0.1) is 4.90 Å². The number of fused-ring (bicyclic) bond motifs is 2. The van der Waals surface area contributed by atoms with Crippen molar-refractivity contribution >= 4 is 15.8 Å². The predicted molar refractivity (Wildman–Crippen MR) is 79.6 cm³/mol. The molecule has 1 N–H and O–H groups in total. The molecule has 2 aromatic rings. The molecule has 0 aromatic heterocycles. The van der Waals surface area contributed by atoms with E-state index in [1.165, 1.54) is 5.56 Å². The van der Waals surface area contributed by atoms with Crippen LogP contribution in [-0.4, -0.2) is 14.2 Å². The van der Waals surface area contributed by atoms with Gasteiger partial charge in [-0.05, 0) is 23.6 Å². The maximum absolute atomic E-state index is 11.1. The van der Waals surface area contributed by atoms with E-state index in [0.29, 0.717) is 23.6 Å². The standard InChI is InChI=1S/C9H8O.C7H7NO2S/c10-9-6-5-7-3-1-2-4-8(7)9;9-11(10)7-4-2-1-3-6(7)5-8-11/h1-4H,5-6H2;1-4,8H,5H2. The molecule has 4 rings (SSSR count). The van der Waals surface area contributed by atoms with Crippen molar-refractivity contribution in [1.82, 2.24) is 4.72 Å². The highest BCUT2D eigenvalue weighted by Crippen LogP contribution is 2.21. The summed E-state index contributed by atoms with van der Waals surface area (Å²) in [5.41, 5.74) is 3.00. The molecular weight excluding hydrogens is 286 g/mol. The summed E-state index contributed by atoms with van der Waals surface area (Å²) in [6.45, 7) is 0.429. The summed E-state index contributed by atoms with van der Waals surface area (Å²) in [6, 6.07) is 14.8. The first-order valence-corrected chi connectivity index (χ1v) is 8.25. The number of nitrogens with one attached hydrogen (secondary N) is 1. The molecule has 4 nitrogen and oxygen atoms in total. The van der Waals surface area contributed by atoms with Crippen LogP contribution in [0.1, 0.15) is 27.9 Å². The largest absolute Gasteiger partial charge is 0.294 e. The molecule has 5 heteroatoms. The van der Waals surface area contributed by atoms with Gasteiger partial charge in [-0.25, -0.2) is 13.1 Å². The second-order valence-corrected chi connectivity index (χ2v) is 6.75. The lowest BCUT2D eigenvalue weighted by molar-refractivity contribution is 0.0994. The Balaban J connectivity index is 0.000000126. The van der Waals surface area contributed by atoms with Crippen LogP contribution >= 0.6 is 0 Å². The molecule has 0 unspecified atom stereocenters. The lowest BCUT2D eigenvalue weighted by Crippen LogP contribution is -2.13. The van der Waals surface area contributed by atoms with Crippen LogP contribution in [0.3, 0.4) is 0 Å². The number of carbonyl (C=O) groups is 1.